The molecule has 0 aliphatic heterocycles. The van der Waals surface area contributed by atoms with Gasteiger partial charge in [0.05, 0.1) is 30.4 Å². The monoisotopic (exact) mass is 408 g/mol. The molecule has 0 spiro atoms. The average Bonchev–Trinajstić information content (AvgIpc) is 3.47. The fraction of sp³-hybridized carbons (Fsp3) is 0.190. The number of benzene rings is 1. The minimum absolute atomic E-state index is 0.0185. The summed E-state index contributed by atoms with van der Waals surface area (Å²) in [4.78, 5) is 14.2. The van der Waals surface area contributed by atoms with Gasteiger partial charge in [-0.25, -0.2) is 0 Å². The maximum atomic E-state index is 12.6. The van der Waals surface area contributed by atoms with Gasteiger partial charge in [0.25, 0.3) is 0 Å². The Morgan fingerprint density at radius 1 is 1.07 bits per heavy atom. The van der Waals surface area contributed by atoms with E-state index in [-0.39, 0.29) is 11.7 Å². The number of furan rings is 2. The molecule has 29 heavy (non-hydrogen) atoms. The summed E-state index contributed by atoms with van der Waals surface area (Å²) in [7, 11) is 1.76. The third kappa shape index (κ3) is 4.12. The summed E-state index contributed by atoms with van der Waals surface area (Å²) < 4.78 is 12.7. The summed E-state index contributed by atoms with van der Waals surface area (Å²) in [5, 5.41) is 9.36. The SMILES string of the molecule is Cc1occc1-c1nnc(SCC(=O)N(C)Cc2ccco2)n1-c1ccccc1. The van der Waals surface area contributed by atoms with E-state index in [0.717, 1.165) is 22.8 Å². The average molecular weight is 408 g/mol. The Balaban J connectivity index is 1.57. The first kappa shape index (κ1) is 19.1. The third-order valence-corrected chi connectivity index (χ3v) is 5.38. The number of carbonyl (C=O) groups is 1. The molecule has 1 aromatic carbocycles. The molecule has 0 aliphatic rings. The number of aromatic nitrogens is 3. The Bertz CT molecular complexity index is 1090. The van der Waals surface area contributed by atoms with Crippen LogP contribution in [-0.4, -0.2) is 38.4 Å². The second-order valence-corrected chi connectivity index (χ2v) is 7.43. The smallest absolute Gasteiger partial charge is 0.233 e. The van der Waals surface area contributed by atoms with Crippen LogP contribution in [0.2, 0.25) is 0 Å². The van der Waals surface area contributed by atoms with E-state index >= 15 is 0 Å². The molecule has 7 nitrogen and oxygen atoms in total. The summed E-state index contributed by atoms with van der Waals surface area (Å²) in [6.07, 6.45) is 3.23. The van der Waals surface area contributed by atoms with Crippen molar-refractivity contribution < 1.29 is 13.6 Å². The van der Waals surface area contributed by atoms with Crippen LogP contribution in [0.4, 0.5) is 0 Å². The molecule has 0 fully saturated rings. The minimum Gasteiger partial charge on any atom is -0.469 e. The molecule has 4 rings (SSSR count). The van der Waals surface area contributed by atoms with E-state index in [1.807, 2.05) is 60.0 Å². The molecule has 0 N–H and O–H groups in total. The lowest BCUT2D eigenvalue weighted by atomic mass is 10.2. The van der Waals surface area contributed by atoms with E-state index in [1.165, 1.54) is 11.8 Å². The summed E-state index contributed by atoms with van der Waals surface area (Å²) in [5.41, 5.74) is 1.79. The van der Waals surface area contributed by atoms with Gasteiger partial charge < -0.3 is 13.7 Å². The Hall–Kier alpha value is -3.26. The van der Waals surface area contributed by atoms with Crippen molar-refractivity contribution in [2.24, 2.45) is 0 Å². The molecule has 3 heterocycles. The van der Waals surface area contributed by atoms with Crippen LogP contribution >= 0.6 is 11.8 Å². The predicted octanol–water partition coefficient (Wildman–Crippen LogP) is 4.18. The highest BCUT2D eigenvalue weighted by atomic mass is 32.2. The van der Waals surface area contributed by atoms with Crippen molar-refractivity contribution >= 4 is 17.7 Å². The fourth-order valence-electron chi connectivity index (χ4n) is 2.93. The maximum absolute atomic E-state index is 12.6. The van der Waals surface area contributed by atoms with Gasteiger partial charge in [-0.05, 0) is 37.3 Å². The highest BCUT2D eigenvalue weighted by Gasteiger charge is 2.20. The second-order valence-electron chi connectivity index (χ2n) is 6.49. The molecule has 0 radical (unpaired) electrons. The third-order valence-electron chi connectivity index (χ3n) is 4.47. The Kier molecular flexibility index (Phi) is 5.53. The van der Waals surface area contributed by atoms with Crippen LogP contribution in [0.15, 0.2) is 75.0 Å². The van der Waals surface area contributed by atoms with E-state index in [4.69, 9.17) is 8.83 Å². The number of nitrogens with zero attached hydrogens (tertiary/aromatic N) is 4. The molecule has 0 aliphatic carbocycles. The Labute approximate surface area is 172 Å². The zero-order valence-electron chi connectivity index (χ0n) is 16.1. The van der Waals surface area contributed by atoms with Gasteiger partial charge in [0.15, 0.2) is 11.0 Å². The van der Waals surface area contributed by atoms with Gasteiger partial charge in [0, 0.05) is 12.7 Å². The normalized spacial score (nSPS) is 11.0. The number of rotatable bonds is 7. The highest BCUT2D eigenvalue weighted by molar-refractivity contribution is 7.99. The van der Waals surface area contributed by atoms with Crippen LogP contribution < -0.4 is 0 Å². The molecule has 0 saturated carbocycles. The zero-order valence-corrected chi connectivity index (χ0v) is 16.9. The molecule has 0 atom stereocenters. The van der Waals surface area contributed by atoms with E-state index in [1.54, 1.807) is 24.5 Å². The van der Waals surface area contributed by atoms with Crippen LogP contribution in [0.1, 0.15) is 11.5 Å². The van der Waals surface area contributed by atoms with Crippen LogP contribution in [-0.2, 0) is 11.3 Å². The van der Waals surface area contributed by atoms with Gasteiger partial charge in [0.1, 0.15) is 11.5 Å². The summed E-state index contributed by atoms with van der Waals surface area (Å²) in [6, 6.07) is 15.4. The molecule has 148 valence electrons. The van der Waals surface area contributed by atoms with Crippen LogP contribution in [0, 0.1) is 6.92 Å². The van der Waals surface area contributed by atoms with E-state index < -0.39 is 0 Å². The second kappa shape index (κ2) is 8.40. The maximum Gasteiger partial charge on any atom is 0.233 e. The van der Waals surface area contributed by atoms with Gasteiger partial charge in [-0.3, -0.25) is 9.36 Å². The number of amides is 1. The van der Waals surface area contributed by atoms with Crippen LogP contribution in [0.5, 0.6) is 0 Å². The summed E-state index contributed by atoms with van der Waals surface area (Å²) in [6.45, 7) is 2.32. The van der Waals surface area contributed by atoms with Gasteiger partial charge in [-0.15, -0.1) is 10.2 Å². The lowest BCUT2D eigenvalue weighted by Crippen LogP contribution is -2.27. The lowest BCUT2D eigenvalue weighted by Gasteiger charge is -2.15. The quantitative estimate of drug-likeness (QED) is 0.427. The van der Waals surface area contributed by atoms with Gasteiger partial charge in [-0.1, -0.05) is 30.0 Å². The number of aryl methyl sites for hydroxylation is 1. The number of para-hydroxylation sites is 1. The first-order valence-electron chi connectivity index (χ1n) is 9.08. The van der Waals surface area contributed by atoms with Crippen molar-refractivity contribution in [3.63, 3.8) is 0 Å². The summed E-state index contributed by atoms with van der Waals surface area (Å²) >= 11 is 1.35. The molecule has 0 bridgehead atoms. The van der Waals surface area contributed by atoms with E-state index in [2.05, 4.69) is 10.2 Å². The van der Waals surface area contributed by atoms with Crippen LogP contribution in [0.25, 0.3) is 17.1 Å². The van der Waals surface area contributed by atoms with E-state index in [0.29, 0.717) is 17.5 Å². The van der Waals surface area contributed by atoms with Gasteiger partial charge in [0.2, 0.25) is 5.91 Å². The van der Waals surface area contributed by atoms with Crippen molar-refractivity contribution in [3.05, 3.63) is 72.6 Å². The van der Waals surface area contributed by atoms with Crippen LogP contribution in [0.3, 0.4) is 0 Å². The standard InChI is InChI=1S/C21H20N4O3S/c1-15-18(10-12-27-15)20-22-23-21(25(20)16-7-4-3-5-8-16)29-14-19(26)24(2)13-17-9-6-11-28-17/h3-12H,13-14H2,1-2H3. The van der Waals surface area contributed by atoms with Crippen molar-refractivity contribution in [1.82, 2.24) is 19.7 Å². The van der Waals surface area contributed by atoms with Crippen molar-refractivity contribution in [2.45, 2.75) is 18.6 Å². The molecular weight excluding hydrogens is 388 g/mol. The first-order chi connectivity index (χ1) is 14.1. The minimum atomic E-state index is -0.0185. The largest absolute Gasteiger partial charge is 0.469 e. The Morgan fingerprint density at radius 3 is 2.59 bits per heavy atom. The predicted molar refractivity (Wildman–Crippen MR) is 110 cm³/mol. The van der Waals surface area contributed by atoms with Gasteiger partial charge in [-0.2, -0.15) is 0 Å². The first-order valence-corrected chi connectivity index (χ1v) is 10.1. The van der Waals surface area contributed by atoms with Crippen molar-refractivity contribution in [2.75, 3.05) is 12.8 Å². The molecular formula is C21H20N4O3S. The zero-order chi connectivity index (χ0) is 20.2. The molecule has 3 aromatic heterocycles. The molecule has 1 amide bonds. The number of carbonyl (C=O) groups excluding carboxylic acids is 1. The number of hydrogen-bond donors (Lipinski definition) is 0. The summed E-state index contributed by atoms with van der Waals surface area (Å²) in [5.74, 6) is 2.42. The molecule has 0 saturated heterocycles. The van der Waals surface area contributed by atoms with Crippen molar-refractivity contribution in [1.29, 1.82) is 0 Å². The number of hydrogen-bond acceptors (Lipinski definition) is 6. The number of thioether (sulfide) groups is 1. The topological polar surface area (TPSA) is 77.3 Å². The molecule has 8 heteroatoms. The highest BCUT2D eigenvalue weighted by Crippen LogP contribution is 2.30. The van der Waals surface area contributed by atoms with E-state index in [9.17, 15) is 4.79 Å². The van der Waals surface area contributed by atoms with Crippen molar-refractivity contribution in [3.8, 4) is 17.1 Å². The lowest BCUT2D eigenvalue weighted by molar-refractivity contribution is -0.127. The molecule has 0 unspecified atom stereocenters. The molecule has 4 aromatic rings. The fourth-order valence-corrected chi connectivity index (χ4v) is 3.82. The Morgan fingerprint density at radius 2 is 1.90 bits per heavy atom. The van der Waals surface area contributed by atoms with Gasteiger partial charge >= 0.3 is 0 Å².